The zero-order valence-corrected chi connectivity index (χ0v) is 73.1. The highest BCUT2D eigenvalue weighted by Crippen LogP contribution is 2.45. The number of phosphoric ester groups is 2. The summed E-state index contributed by atoms with van der Waals surface area (Å²) >= 11 is 0. The molecule has 0 saturated heterocycles. The van der Waals surface area contributed by atoms with E-state index in [0.29, 0.717) is 25.7 Å². The maximum atomic E-state index is 13.2. The Hall–Kier alpha value is -2.46. The van der Waals surface area contributed by atoms with Gasteiger partial charge in [0.05, 0.1) is 26.4 Å². The summed E-state index contributed by atoms with van der Waals surface area (Å²) < 4.78 is 69.0. The largest absolute Gasteiger partial charge is 0.472 e. The number of aliphatic hydroxyl groups is 1. The number of aliphatic hydroxyl groups excluding tert-OH is 1. The van der Waals surface area contributed by atoms with Gasteiger partial charge in [0.15, 0.2) is 12.2 Å². The van der Waals surface area contributed by atoms with Gasteiger partial charge >= 0.3 is 39.5 Å². The molecule has 0 aromatic heterocycles. The number of hydrogen-bond donors (Lipinski definition) is 3. The van der Waals surface area contributed by atoms with Crippen molar-refractivity contribution in [2.75, 3.05) is 39.6 Å². The summed E-state index contributed by atoms with van der Waals surface area (Å²) in [5.74, 6) is -0.485. The van der Waals surface area contributed by atoms with E-state index in [0.717, 1.165) is 115 Å². The second-order valence-corrected chi connectivity index (χ2v) is 35.0. The van der Waals surface area contributed by atoms with E-state index in [2.05, 4.69) is 65.8 Å². The van der Waals surface area contributed by atoms with E-state index in [9.17, 15) is 43.2 Å². The molecule has 3 N–H and O–H groups in total. The van der Waals surface area contributed by atoms with Gasteiger partial charge in [-0.1, -0.05) is 406 Å². The Bertz CT molecular complexity index is 2180. The first kappa shape index (κ1) is 107. The fourth-order valence-electron chi connectivity index (χ4n) is 13.5. The van der Waals surface area contributed by atoms with Crippen LogP contribution in [0.5, 0.6) is 0 Å². The van der Waals surface area contributed by atoms with Gasteiger partial charge < -0.3 is 33.8 Å². The van der Waals surface area contributed by atoms with Gasteiger partial charge in [0.1, 0.15) is 19.3 Å². The summed E-state index contributed by atoms with van der Waals surface area (Å²) in [6.07, 6.45) is 77.2. The first-order valence-corrected chi connectivity index (χ1v) is 48.9. The van der Waals surface area contributed by atoms with Crippen molar-refractivity contribution in [1.82, 2.24) is 0 Å². The molecule has 0 aromatic carbocycles. The monoisotopic (exact) mass is 1590 g/mol. The van der Waals surface area contributed by atoms with Gasteiger partial charge in [-0.25, -0.2) is 9.13 Å². The number of hydrogen-bond acceptors (Lipinski definition) is 15. The molecule has 4 unspecified atom stereocenters. The molecule has 0 aliphatic rings. The van der Waals surface area contributed by atoms with Crippen LogP contribution < -0.4 is 0 Å². The third kappa shape index (κ3) is 80.5. The standard InChI is InChI=1S/C90H172O17P2/c1-7-11-13-15-17-19-21-23-25-26-27-28-32-36-39-43-47-54-60-66-72-87(92)100-78-85(106-89(94)75-69-63-57-49-45-41-37-33-30-29-31-35-38-42-46-52-58-64-70-82(5)9-3)80-104-108(96,97)102-76-84(91)77-103-109(98,99)105-81-86(79-101-88(93)73-67-61-55-51-50-53-59-65-71-83(6)10-4)107-90(95)74-68-62-56-48-44-40-34-24-22-20-18-16-14-12-8-2/h20,22,24,34,82-86,91H,7-19,21,23,25-33,35-81H2,1-6H3,(H,96,97)(H,98,99)/b22-20-,34-24-/t82?,83?,84-,85-,86-/m1/s1. The smallest absolute Gasteiger partial charge is 0.462 e. The topological polar surface area (TPSA) is 237 Å². The van der Waals surface area contributed by atoms with Crippen molar-refractivity contribution in [2.45, 2.75) is 477 Å². The van der Waals surface area contributed by atoms with Gasteiger partial charge in [0, 0.05) is 25.7 Å². The fraction of sp³-hybridized carbons (Fsp3) is 0.911. The lowest BCUT2D eigenvalue weighted by Crippen LogP contribution is -2.30. The highest BCUT2D eigenvalue weighted by molar-refractivity contribution is 7.47. The molecule has 0 aromatic rings. The molecule has 19 heteroatoms. The van der Waals surface area contributed by atoms with E-state index >= 15 is 0 Å². The molecular weight excluding hydrogens is 1410 g/mol. The average molecular weight is 1590 g/mol. The van der Waals surface area contributed by atoms with Crippen LogP contribution >= 0.6 is 15.6 Å². The SMILES string of the molecule is CCCCCC/C=C\C=C/CCCCCCCC(=O)O[C@H](COC(=O)CCCCCCCCCCC(C)CC)COP(=O)(O)OC[C@H](O)COP(=O)(O)OC[C@@H](COC(=O)CCCCCCCCCCCCCCCCCCCCCC)OC(=O)CCCCCCCCCCCCCCCCCCCCC(C)CC. The van der Waals surface area contributed by atoms with Crippen LogP contribution in [0.2, 0.25) is 0 Å². The summed E-state index contributed by atoms with van der Waals surface area (Å²) in [6, 6.07) is 0. The van der Waals surface area contributed by atoms with Crippen LogP contribution in [0.3, 0.4) is 0 Å². The summed E-state index contributed by atoms with van der Waals surface area (Å²) in [5.41, 5.74) is 0. The Morgan fingerprint density at radius 1 is 0.294 bits per heavy atom. The van der Waals surface area contributed by atoms with Crippen molar-refractivity contribution >= 4 is 39.5 Å². The van der Waals surface area contributed by atoms with E-state index in [1.165, 1.54) is 263 Å². The van der Waals surface area contributed by atoms with Crippen molar-refractivity contribution in [2.24, 2.45) is 11.8 Å². The second kappa shape index (κ2) is 80.7. The predicted molar refractivity (Wildman–Crippen MR) is 451 cm³/mol. The normalized spacial score (nSPS) is 14.4. The minimum atomic E-state index is -4.97. The van der Waals surface area contributed by atoms with Gasteiger partial charge in [-0.15, -0.1) is 0 Å². The molecule has 0 fully saturated rings. The number of carbonyl (C=O) groups is 4. The maximum absolute atomic E-state index is 13.2. The molecule has 0 bridgehead atoms. The number of phosphoric acid groups is 2. The van der Waals surface area contributed by atoms with Crippen molar-refractivity contribution in [3.05, 3.63) is 24.3 Å². The van der Waals surface area contributed by atoms with Crippen molar-refractivity contribution in [3.63, 3.8) is 0 Å². The van der Waals surface area contributed by atoms with Crippen molar-refractivity contribution < 1.29 is 80.2 Å². The maximum Gasteiger partial charge on any atom is 0.472 e. The fourth-order valence-corrected chi connectivity index (χ4v) is 15.1. The molecular formula is C90H172O17P2. The zero-order chi connectivity index (χ0) is 79.9. The Morgan fingerprint density at radius 3 is 0.780 bits per heavy atom. The van der Waals surface area contributed by atoms with Crippen LogP contribution in [0.4, 0.5) is 0 Å². The molecule has 0 aliphatic heterocycles. The highest BCUT2D eigenvalue weighted by Gasteiger charge is 2.31. The lowest BCUT2D eigenvalue weighted by atomic mass is 9.99. The Kier molecular flexibility index (Phi) is 78.9. The lowest BCUT2D eigenvalue weighted by molar-refractivity contribution is -0.161. The van der Waals surface area contributed by atoms with Crippen molar-refractivity contribution in [3.8, 4) is 0 Å². The number of rotatable bonds is 87. The Morgan fingerprint density at radius 2 is 0.514 bits per heavy atom. The minimum absolute atomic E-state index is 0.0849. The molecule has 7 atom stereocenters. The first-order valence-electron chi connectivity index (χ1n) is 45.9. The van der Waals surface area contributed by atoms with E-state index in [1.54, 1.807) is 0 Å². The van der Waals surface area contributed by atoms with E-state index in [1.807, 2.05) is 0 Å². The van der Waals surface area contributed by atoms with Crippen molar-refractivity contribution in [1.29, 1.82) is 0 Å². The number of ether oxygens (including phenoxy) is 4. The Labute approximate surface area is 669 Å². The highest BCUT2D eigenvalue weighted by atomic mass is 31.2. The summed E-state index contributed by atoms with van der Waals surface area (Å²) in [7, 11) is -9.95. The molecule has 0 aliphatic carbocycles. The zero-order valence-electron chi connectivity index (χ0n) is 71.4. The average Bonchev–Trinajstić information content (AvgIpc) is 0.912. The quantitative estimate of drug-likeness (QED) is 0.0169. The van der Waals surface area contributed by atoms with Crippen LogP contribution in [-0.2, 0) is 65.4 Å². The lowest BCUT2D eigenvalue weighted by Gasteiger charge is -2.21. The molecule has 0 rings (SSSR count). The number of esters is 4. The second-order valence-electron chi connectivity index (χ2n) is 32.1. The number of unbranched alkanes of at least 4 members (excludes halogenated alkanes) is 52. The third-order valence-corrected chi connectivity index (χ3v) is 23.2. The third-order valence-electron chi connectivity index (χ3n) is 21.3. The first-order chi connectivity index (χ1) is 52.9. The van der Waals surface area contributed by atoms with E-state index < -0.39 is 97.5 Å². The van der Waals surface area contributed by atoms with Gasteiger partial charge in [-0.2, -0.15) is 0 Å². The molecule has 0 saturated carbocycles. The summed E-state index contributed by atoms with van der Waals surface area (Å²) in [4.78, 5) is 73.3. The van der Waals surface area contributed by atoms with Gasteiger partial charge in [0.2, 0.25) is 0 Å². The summed E-state index contributed by atoms with van der Waals surface area (Å²) in [5, 5.41) is 10.7. The summed E-state index contributed by atoms with van der Waals surface area (Å²) in [6.45, 7) is 9.69. The van der Waals surface area contributed by atoms with Crippen LogP contribution in [0, 0.1) is 11.8 Å². The molecule has 0 amide bonds. The molecule has 17 nitrogen and oxygen atoms in total. The number of allylic oxidation sites excluding steroid dienone is 4. The van der Waals surface area contributed by atoms with Gasteiger partial charge in [0.25, 0.3) is 0 Å². The van der Waals surface area contributed by atoms with E-state index in [-0.39, 0.29) is 25.7 Å². The molecule has 109 heavy (non-hydrogen) atoms. The Balaban J connectivity index is 5.27. The van der Waals surface area contributed by atoms with Crippen LogP contribution in [-0.4, -0.2) is 96.7 Å². The molecule has 0 spiro atoms. The van der Waals surface area contributed by atoms with Crippen LogP contribution in [0.15, 0.2) is 24.3 Å². The van der Waals surface area contributed by atoms with E-state index in [4.69, 9.17) is 37.0 Å². The van der Waals surface area contributed by atoms with Gasteiger partial charge in [-0.05, 0) is 63.2 Å². The predicted octanol–water partition coefficient (Wildman–Crippen LogP) is 27.3. The number of carbonyl (C=O) groups excluding carboxylic acids is 4. The van der Waals surface area contributed by atoms with Crippen LogP contribution in [0.1, 0.15) is 459 Å². The minimum Gasteiger partial charge on any atom is -0.462 e. The van der Waals surface area contributed by atoms with Crippen LogP contribution in [0.25, 0.3) is 0 Å². The molecule has 644 valence electrons. The van der Waals surface area contributed by atoms with Gasteiger partial charge in [-0.3, -0.25) is 37.3 Å². The molecule has 0 radical (unpaired) electrons. The molecule has 0 heterocycles.